The van der Waals surface area contributed by atoms with Gasteiger partial charge in [-0.15, -0.1) is 0 Å². The van der Waals surface area contributed by atoms with Crippen molar-refractivity contribution < 1.29 is 4.74 Å². The molecule has 0 aliphatic heterocycles. The zero-order chi connectivity index (χ0) is 10.2. The summed E-state index contributed by atoms with van der Waals surface area (Å²) in [6, 6.07) is 0. The highest BCUT2D eigenvalue weighted by molar-refractivity contribution is 4.97. The normalized spacial score (nSPS) is 10.7. The van der Waals surface area contributed by atoms with Gasteiger partial charge >= 0.3 is 0 Å². The molecule has 0 aromatic carbocycles. The van der Waals surface area contributed by atoms with Gasteiger partial charge in [0.05, 0.1) is 18.6 Å². The molecule has 0 saturated carbocycles. The average molecular weight is 197 g/mol. The molecule has 0 fully saturated rings. The summed E-state index contributed by atoms with van der Waals surface area (Å²) in [6.45, 7) is 5.41. The average Bonchev–Trinajstić information content (AvgIpc) is 2.63. The summed E-state index contributed by atoms with van der Waals surface area (Å²) in [4.78, 5) is 4.30. The first-order valence-corrected chi connectivity index (χ1v) is 5.09. The number of hydrogen-bond acceptors (Lipinski definition) is 3. The van der Waals surface area contributed by atoms with Crippen LogP contribution in [0, 0.1) is 0 Å². The molecule has 0 unspecified atom stereocenters. The molecule has 1 aromatic heterocycles. The van der Waals surface area contributed by atoms with E-state index in [-0.39, 0.29) is 0 Å². The van der Waals surface area contributed by atoms with Crippen LogP contribution in [0.2, 0.25) is 0 Å². The van der Waals surface area contributed by atoms with Crippen LogP contribution in [-0.4, -0.2) is 36.4 Å². The molecular formula is C10H19N3O. The Hall–Kier alpha value is -0.870. The minimum absolute atomic E-state index is 0.762. The van der Waals surface area contributed by atoms with E-state index in [9.17, 15) is 0 Å². The Balaban J connectivity index is 2.27. The fourth-order valence-electron chi connectivity index (χ4n) is 1.23. The molecule has 0 radical (unpaired) electrons. The van der Waals surface area contributed by atoms with E-state index in [1.165, 1.54) is 0 Å². The number of rotatable bonds is 7. The van der Waals surface area contributed by atoms with E-state index < -0.39 is 0 Å². The van der Waals surface area contributed by atoms with Gasteiger partial charge in [0.15, 0.2) is 0 Å². The van der Waals surface area contributed by atoms with Gasteiger partial charge < -0.3 is 14.6 Å². The minimum atomic E-state index is 0.762. The van der Waals surface area contributed by atoms with Gasteiger partial charge in [-0.1, -0.05) is 0 Å². The molecule has 0 bridgehead atoms. The molecule has 0 spiro atoms. The third kappa shape index (κ3) is 3.89. The lowest BCUT2D eigenvalue weighted by atomic mass is 10.3. The molecule has 0 amide bonds. The Morgan fingerprint density at radius 3 is 3.14 bits per heavy atom. The third-order valence-corrected chi connectivity index (χ3v) is 2.02. The van der Waals surface area contributed by atoms with Gasteiger partial charge in [-0.25, -0.2) is 4.98 Å². The standard InChI is InChI=1S/C10H19N3O/c1-3-14-7-6-13-8-10(12-9-13)4-5-11-2/h8-9,11H,3-7H2,1-2H3. The van der Waals surface area contributed by atoms with Crippen molar-refractivity contribution in [1.29, 1.82) is 0 Å². The number of ether oxygens (including phenoxy) is 1. The Morgan fingerprint density at radius 2 is 2.43 bits per heavy atom. The molecular weight excluding hydrogens is 178 g/mol. The van der Waals surface area contributed by atoms with Crippen LogP contribution >= 0.6 is 0 Å². The molecule has 0 saturated heterocycles. The van der Waals surface area contributed by atoms with E-state index in [2.05, 4.69) is 21.1 Å². The van der Waals surface area contributed by atoms with Gasteiger partial charge in [-0.2, -0.15) is 0 Å². The Bertz CT molecular complexity index is 247. The summed E-state index contributed by atoms with van der Waals surface area (Å²) in [5.74, 6) is 0. The minimum Gasteiger partial charge on any atom is -0.380 e. The fraction of sp³-hybridized carbons (Fsp3) is 0.700. The van der Waals surface area contributed by atoms with Crippen molar-refractivity contribution in [3.05, 3.63) is 18.2 Å². The Kier molecular flexibility index (Phi) is 5.25. The molecule has 1 aromatic rings. The second-order valence-electron chi connectivity index (χ2n) is 3.15. The first-order valence-electron chi connectivity index (χ1n) is 5.09. The van der Waals surface area contributed by atoms with Crippen molar-refractivity contribution in [2.24, 2.45) is 0 Å². The quantitative estimate of drug-likeness (QED) is 0.653. The number of hydrogen-bond donors (Lipinski definition) is 1. The lowest BCUT2D eigenvalue weighted by Crippen LogP contribution is -2.10. The maximum Gasteiger partial charge on any atom is 0.0950 e. The zero-order valence-corrected chi connectivity index (χ0v) is 8.99. The van der Waals surface area contributed by atoms with Crippen LogP contribution in [-0.2, 0) is 17.7 Å². The number of likely N-dealkylation sites (N-methyl/N-ethyl adjacent to an activating group) is 1. The van der Waals surface area contributed by atoms with Crippen molar-refractivity contribution in [2.45, 2.75) is 19.9 Å². The highest BCUT2D eigenvalue weighted by Gasteiger charge is 1.97. The van der Waals surface area contributed by atoms with Crippen LogP contribution in [0.25, 0.3) is 0 Å². The zero-order valence-electron chi connectivity index (χ0n) is 8.99. The topological polar surface area (TPSA) is 39.1 Å². The summed E-state index contributed by atoms with van der Waals surface area (Å²) in [5, 5.41) is 3.10. The molecule has 4 nitrogen and oxygen atoms in total. The predicted octanol–water partition coefficient (Wildman–Crippen LogP) is 0.681. The first kappa shape index (κ1) is 11.2. The predicted molar refractivity (Wildman–Crippen MR) is 56.4 cm³/mol. The number of nitrogens with zero attached hydrogens (tertiary/aromatic N) is 2. The lowest BCUT2D eigenvalue weighted by Gasteiger charge is -2.01. The molecule has 80 valence electrons. The van der Waals surface area contributed by atoms with Crippen LogP contribution in [0.4, 0.5) is 0 Å². The fourth-order valence-corrected chi connectivity index (χ4v) is 1.23. The highest BCUT2D eigenvalue weighted by Crippen LogP contribution is 1.96. The van der Waals surface area contributed by atoms with E-state index in [4.69, 9.17) is 4.74 Å². The molecule has 14 heavy (non-hydrogen) atoms. The Morgan fingerprint density at radius 1 is 1.57 bits per heavy atom. The van der Waals surface area contributed by atoms with Gasteiger partial charge in [0.25, 0.3) is 0 Å². The molecule has 1 heterocycles. The van der Waals surface area contributed by atoms with Gasteiger partial charge in [0.2, 0.25) is 0 Å². The van der Waals surface area contributed by atoms with E-state index in [0.717, 1.165) is 38.4 Å². The molecule has 0 aliphatic rings. The Labute approximate surface area is 85.3 Å². The molecule has 0 atom stereocenters. The largest absolute Gasteiger partial charge is 0.380 e. The lowest BCUT2D eigenvalue weighted by molar-refractivity contribution is 0.139. The summed E-state index contributed by atoms with van der Waals surface area (Å²) < 4.78 is 7.34. The van der Waals surface area contributed by atoms with E-state index in [0.29, 0.717) is 0 Å². The van der Waals surface area contributed by atoms with Crippen LogP contribution in [0.15, 0.2) is 12.5 Å². The van der Waals surface area contributed by atoms with Crippen molar-refractivity contribution in [3.8, 4) is 0 Å². The second kappa shape index (κ2) is 6.56. The van der Waals surface area contributed by atoms with Crippen molar-refractivity contribution >= 4 is 0 Å². The maximum atomic E-state index is 5.27. The van der Waals surface area contributed by atoms with Crippen molar-refractivity contribution in [2.75, 3.05) is 26.8 Å². The van der Waals surface area contributed by atoms with Crippen LogP contribution < -0.4 is 5.32 Å². The summed E-state index contributed by atoms with van der Waals surface area (Å²) in [7, 11) is 1.95. The van der Waals surface area contributed by atoms with Crippen molar-refractivity contribution in [1.82, 2.24) is 14.9 Å². The number of nitrogens with one attached hydrogen (secondary N) is 1. The summed E-state index contributed by atoms with van der Waals surface area (Å²) in [5.41, 5.74) is 1.14. The maximum absolute atomic E-state index is 5.27. The highest BCUT2D eigenvalue weighted by atomic mass is 16.5. The van der Waals surface area contributed by atoms with Crippen LogP contribution in [0.1, 0.15) is 12.6 Å². The number of imidazole rings is 1. The SMILES string of the molecule is CCOCCn1cnc(CCNC)c1. The summed E-state index contributed by atoms with van der Waals surface area (Å²) in [6.07, 6.45) is 4.93. The third-order valence-electron chi connectivity index (χ3n) is 2.02. The van der Waals surface area contributed by atoms with Crippen LogP contribution in [0.5, 0.6) is 0 Å². The second-order valence-corrected chi connectivity index (χ2v) is 3.15. The molecule has 1 N–H and O–H groups in total. The monoisotopic (exact) mass is 197 g/mol. The van der Waals surface area contributed by atoms with E-state index >= 15 is 0 Å². The molecule has 4 heteroatoms. The van der Waals surface area contributed by atoms with Crippen molar-refractivity contribution in [3.63, 3.8) is 0 Å². The molecule has 1 rings (SSSR count). The smallest absolute Gasteiger partial charge is 0.0950 e. The van der Waals surface area contributed by atoms with E-state index in [1.54, 1.807) is 0 Å². The van der Waals surface area contributed by atoms with Crippen LogP contribution in [0.3, 0.4) is 0 Å². The van der Waals surface area contributed by atoms with Gasteiger partial charge in [0.1, 0.15) is 0 Å². The number of aromatic nitrogens is 2. The van der Waals surface area contributed by atoms with Gasteiger partial charge in [-0.3, -0.25) is 0 Å². The van der Waals surface area contributed by atoms with Gasteiger partial charge in [-0.05, 0) is 14.0 Å². The molecule has 0 aliphatic carbocycles. The summed E-state index contributed by atoms with van der Waals surface area (Å²) >= 11 is 0. The van der Waals surface area contributed by atoms with Gasteiger partial charge in [0, 0.05) is 32.3 Å². The first-order chi connectivity index (χ1) is 6.86. The van der Waals surface area contributed by atoms with E-state index in [1.807, 2.05) is 20.3 Å².